The van der Waals surface area contributed by atoms with Gasteiger partial charge in [0.25, 0.3) is 10.0 Å². The Kier molecular flexibility index (Phi) is 8.11. The second kappa shape index (κ2) is 10.4. The Morgan fingerprint density at radius 1 is 1.34 bits per heavy atom. The molecule has 0 amide bonds. The van der Waals surface area contributed by atoms with E-state index in [1.807, 2.05) is 0 Å². The maximum Gasteiger partial charge on any atom is 0.354 e. The molecule has 0 bridgehead atoms. The quantitative estimate of drug-likeness (QED) is 0.143. The van der Waals surface area contributed by atoms with Crippen molar-refractivity contribution in [1.82, 2.24) is 4.31 Å². The van der Waals surface area contributed by atoms with Gasteiger partial charge in [0.1, 0.15) is 6.04 Å². The van der Waals surface area contributed by atoms with Gasteiger partial charge >= 0.3 is 10.8 Å². The van der Waals surface area contributed by atoms with Crippen LogP contribution in [0.4, 0.5) is 0 Å². The smallest absolute Gasteiger partial charge is 0.354 e. The summed E-state index contributed by atoms with van der Waals surface area (Å²) in [5, 5.41) is 21.9. The Bertz CT molecular complexity index is 1030. The van der Waals surface area contributed by atoms with Crippen molar-refractivity contribution < 1.29 is 23.2 Å². The number of carboxylic acid groups (broad SMARTS) is 1. The minimum atomic E-state index is -4.77. The number of carboxylic acids is 1. The molecule has 0 aromatic heterocycles. The van der Waals surface area contributed by atoms with E-state index in [-0.39, 0.29) is 31.9 Å². The topological polar surface area (TPSA) is 182 Å². The molecular formula is C20H27N5O6S. The molecule has 0 spiro atoms. The van der Waals surface area contributed by atoms with E-state index in [2.05, 4.69) is 4.99 Å². The van der Waals surface area contributed by atoms with E-state index in [0.717, 1.165) is 6.08 Å². The highest BCUT2D eigenvalue weighted by atomic mass is 32.2. The number of aliphatic imine (C=N–C) groups is 1. The standard InChI is InChI=1S/C20H27N5O6S/c1-15-9-11-20(12-10-15,25(28)29)32(30,31)24(14-16-6-3-2-4-7-16)17(18(26)27)8-5-13-23-19(21)22/h2-4,6-7,9-11,17H,5,8,12-14H2,1H3,(H,26,27)(H4,21,22,23)/t17-,20?/m0/s1. The maximum atomic E-state index is 13.7. The van der Waals surface area contributed by atoms with Crippen LogP contribution in [0.1, 0.15) is 31.7 Å². The van der Waals surface area contributed by atoms with E-state index in [0.29, 0.717) is 15.4 Å². The average molecular weight is 466 g/mol. The molecule has 11 nitrogen and oxygen atoms in total. The third-order valence-corrected chi connectivity index (χ3v) is 7.48. The lowest BCUT2D eigenvalue weighted by Crippen LogP contribution is -2.56. The number of guanidine groups is 1. The van der Waals surface area contributed by atoms with Crippen molar-refractivity contribution in [2.75, 3.05) is 6.54 Å². The van der Waals surface area contributed by atoms with Crippen molar-refractivity contribution >= 4 is 22.0 Å². The molecule has 1 aliphatic rings. The number of allylic oxidation sites excluding steroid dienone is 2. The van der Waals surface area contributed by atoms with Crippen molar-refractivity contribution in [3.8, 4) is 0 Å². The van der Waals surface area contributed by atoms with Gasteiger partial charge in [-0.2, -0.15) is 4.31 Å². The van der Waals surface area contributed by atoms with Gasteiger partial charge in [-0.15, -0.1) is 0 Å². The van der Waals surface area contributed by atoms with Crippen LogP contribution >= 0.6 is 0 Å². The lowest BCUT2D eigenvalue weighted by atomic mass is 10.0. The highest BCUT2D eigenvalue weighted by Crippen LogP contribution is 2.35. The molecular weight excluding hydrogens is 438 g/mol. The Labute approximate surface area is 186 Å². The number of nitro groups is 1. The molecule has 2 atom stereocenters. The van der Waals surface area contributed by atoms with Gasteiger partial charge in [0.2, 0.25) is 0 Å². The molecule has 0 saturated heterocycles. The fourth-order valence-corrected chi connectivity index (χ4v) is 5.32. The summed E-state index contributed by atoms with van der Waals surface area (Å²) in [5.41, 5.74) is 11.7. The number of aliphatic carboxylic acids is 1. The Hall–Kier alpha value is -3.25. The zero-order valence-electron chi connectivity index (χ0n) is 17.6. The van der Waals surface area contributed by atoms with E-state index in [1.54, 1.807) is 37.3 Å². The fourth-order valence-electron chi connectivity index (χ4n) is 3.34. The molecule has 0 radical (unpaired) electrons. The Morgan fingerprint density at radius 2 is 2.00 bits per heavy atom. The van der Waals surface area contributed by atoms with Gasteiger partial charge in [0.15, 0.2) is 5.96 Å². The summed E-state index contributed by atoms with van der Waals surface area (Å²) in [7, 11) is -4.77. The minimum absolute atomic E-state index is 0.0908. The molecule has 1 aliphatic carbocycles. The number of nitrogens with zero attached hydrogens (tertiary/aromatic N) is 3. The number of carbonyl (C=O) groups is 1. The molecule has 0 saturated carbocycles. The molecule has 32 heavy (non-hydrogen) atoms. The molecule has 1 unspecified atom stereocenters. The highest BCUT2D eigenvalue weighted by Gasteiger charge is 2.58. The summed E-state index contributed by atoms with van der Waals surface area (Å²) in [5.74, 6) is -1.59. The minimum Gasteiger partial charge on any atom is -0.480 e. The highest BCUT2D eigenvalue weighted by molar-refractivity contribution is 7.90. The summed E-state index contributed by atoms with van der Waals surface area (Å²) in [6, 6.07) is 6.77. The number of hydrogen-bond donors (Lipinski definition) is 3. The van der Waals surface area contributed by atoms with Crippen LogP contribution in [0.2, 0.25) is 0 Å². The van der Waals surface area contributed by atoms with Crippen molar-refractivity contribution in [2.24, 2.45) is 16.5 Å². The normalized spacial score (nSPS) is 19.2. The maximum absolute atomic E-state index is 13.7. The predicted molar refractivity (Wildman–Crippen MR) is 119 cm³/mol. The summed E-state index contributed by atoms with van der Waals surface area (Å²) in [6.45, 7) is 1.44. The van der Waals surface area contributed by atoms with E-state index in [9.17, 15) is 28.4 Å². The summed E-state index contributed by atoms with van der Waals surface area (Å²) in [6.07, 6.45) is 3.46. The van der Waals surface area contributed by atoms with Crippen molar-refractivity contribution in [1.29, 1.82) is 0 Å². The first-order valence-electron chi connectivity index (χ1n) is 9.85. The number of rotatable bonds is 11. The number of nitrogens with two attached hydrogens (primary N) is 2. The van der Waals surface area contributed by atoms with Gasteiger partial charge < -0.3 is 16.6 Å². The third-order valence-electron chi connectivity index (χ3n) is 5.13. The third kappa shape index (κ3) is 5.51. The van der Waals surface area contributed by atoms with Crippen LogP contribution < -0.4 is 11.5 Å². The Balaban J connectivity index is 2.53. The van der Waals surface area contributed by atoms with Crippen molar-refractivity contribution in [3.63, 3.8) is 0 Å². The van der Waals surface area contributed by atoms with Gasteiger partial charge in [0, 0.05) is 24.1 Å². The molecule has 0 fully saturated rings. The molecule has 12 heteroatoms. The van der Waals surface area contributed by atoms with Gasteiger partial charge in [0.05, 0.1) is 6.42 Å². The molecule has 174 valence electrons. The van der Waals surface area contributed by atoms with Gasteiger partial charge in [-0.3, -0.25) is 19.9 Å². The first-order valence-corrected chi connectivity index (χ1v) is 11.3. The molecule has 5 N–H and O–H groups in total. The van der Waals surface area contributed by atoms with Crippen molar-refractivity contribution in [3.05, 3.63) is 69.8 Å². The van der Waals surface area contributed by atoms with Crippen LogP contribution in [0, 0.1) is 10.1 Å². The van der Waals surface area contributed by atoms with Crippen LogP contribution in [0.5, 0.6) is 0 Å². The van der Waals surface area contributed by atoms with Gasteiger partial charge in [-0.05, 0) is 25.3 Å². The molecule has 0 heterocycles. The summed E-state index contributed by atoms with van der Waals surface area (Å²) >= 11 is 0. The summed E-state index contributed by atoms with van der Waals surface area (Å²) < 4.78 is 28.1. The molecule has 2 rings (SSSR count). The first-order chi connectivity index (χ1) is 15.0. The Morgan fingerprint density at radius 3 is 2.50 bits per heavy atom. The molecule has 0 aliphatic heterocycles. The fraction of sp³-hybridized carbons (Fsp3) is 0.400. The van der Waals surface area contributed by atoms with Crippen molar-refractivity contribution in [2.45, 2.75) is 43.6 Å². The number of benzene rings is 1. The van der Waals surface area contributed by atoms with Crippen LogP contribution in [0.15, 0.2) is 59.1 Å². The monoisotopic (exact) mass is 465 g/mol. The van der Waals surface area contributed by atoms with E-state index < -0.39 is 38.2 Å². The lowest BCUT2D eigenvalue weighted by Gasteiger charge is -2.33. The molecule has 1 aromatic carbocycles. The average Bonchev–Trinajstić information content (AvgIpc) is 2.73. The second-order valence-electron chi connectivity index (χ2n) is 7.43. The van der Waals surface area contributed by atoms with Crippen LogP contribution in [0.25, 0.3) is 0 Å². The first kappa shape index (κ1) is 25.0. The number of hydrogen-bond acceptors (Lipinski definition) is 6. The van der Waals surface area contributed by atoms with Gasteiger partial charge in [-0.1, -0.05) is 48.1 Å². The predicted octanol–water partition coefficient (Wildman–Crippen LogP) is 1.20. The van der Waals surface area contributed by atoms with Gasteiger partial charge in [-0.25, -0.2) is 8.42 Å². The molecule has 1 aromatic rings. The summed E-state index contributed by atoms with van der Waals surface area (Å²) in [4.78, 5) is 24.6. The van der Waals surface area contributed by atoms with Crippen LogP contribution in [-0.4, -0.2) is 52.1 Å². The largest absolute Gasteiger partial charge is 0.480 e. The van der Waals surface area contributed by atoms with E-state index >= 15 is 0 Å². The number of sulfonamides is 1. The SMILES string of the molecule is CC1=CCC([N+](=O)[O-])(S(=O)(=O)N(Cc2ccccc2)[C@@H](CCCN=C(N)N)C(=O)O)C=C1. The second-order valence-corrected chi connectivity index (χ2v) is 9.55. The zero-order valence-corrected chi connectivity index (χ0v) is 18.4. The van der Waals surface area contributed by atoms with E-state index in [4.69, 9.17) is 11.5 Å². The van der Waals surface area contributed by atoms with Crippen LogP contribution in [0.3, 0.4) is 0 Å². The zero-order chi connectivity index (χ0) is 23.9. The lowest BCUT2D eigenvalue weighted by molar-refractivity contribution is -0.526. The van der Waals surface area contributed by atoms with Crippen LogP contribution in [-0.2, 0) is 21.4 Å². The van der Waals surface area contributed by atoms with E-state index in [1.165, 1.54) is 12.2 Å².